The van der Waals surface area contributed by atoms with Crippen molar-refractivity contribution in [1.29, 1.82) is 0 Å². The number of benzene rings is 2. The predicted molar refractivity (Wildman–Crippen MR) is 104 cm³/mol. The number of aryl methyl sites for hydroxylation is 1. The molecule has 0 bridgehead atoms. The van der Waals surface area contributed by atoms with Gasteiger partial charge in [-0.2, -0.15) is 0 Å². The third-order valence-corrected chi connectivity index (χ3v) is 4.14. The van der Waals surface area contributed by atoms with Gasteiger partial charge in [0.05, 0.1) is 12.2 Å². The molecule has 5 nitrogen and oxygen atoms in total. The van der Waals surface area contributed by atoms with E-state index in [0.717, 1.165) is 12.1 Å². The zero-order valence-corrected chi connectivity index (χ0v) is 15.9. The molecule has 0 spiro atoms. The standard InChI is InChI=1S/C20H23F3N4O/c1-12-5-4-6-14(9-12)13(2)10-25-20(24-3)26-11-17(28)27-16-8-7-15(21)18(22)19(16)23/h4-9,13H,10-11H2,1-3H3,(H,27,28)(H2,24,25,26). The minimum absolute atomic E-state index is 0.212. The normalized spacial score (nSPS) is 12.4. The Morgan fingerprint density at radius 2 is 1.86 bits per heavy atom. The van der Waals surface area contributed by atoms with E-state index in [1.165, 1.54) is 11.1 Å². The van der Waals surface area contributed by atoms with E-state index in [-0.39, 0.29) is 12.5 Å². The summed E-state index contributed by atoms with van der Waals surface area (Å²) < 4.78 is 39.7. The van der Waals surface area contributed by atoms with Gasteiger partial charge >= 0.3 is 0 Å². The zero-order valence-electron chi connectivity index (χ0n) is 15.9. The smallest absolute Gasteiger partial charge is 0.243 e. The lowest BCUT2D eigenvalue weighted by atomic mass is 9.99. The third-order valence-electron chi connectivity index (χ3n) is 4.14. The maximum absolute atomic E-state index is 13.6. The lowest BCUT2D eigenvalue weighted by molar-refractivity contribution is -0.115. The molecule has 0 aliphatic rings. The number of nitrogens with zero attached hydrogens (tertiary/aromatic N) is 1. The number of hydrogen-bond donors (Lipinski definition) is 3. The maximum atomic E-state index is 13.6. The van der Waals surface area contributed by atoms with Crippen LogP contribution in [0.4, 0.5) is 18.9 Å². The van der Waals surface area contributed by atoms with Crippen LogP contribution >= 0.6 is 0 Å². The first kappa shape index (κ1) is 21.3. The van der Waals surface area contributed by atoms with Crippen LogP contribution in [-0.2, 0) is 4.79 Å². The lowest BCUT2D eigenvalue weighted by Gasteiger charge is -2.17. The predicted octanol–water partition coefficient (Wildman–Crippen LogP) is 3.32. The highest BCUT2D eigenvalue weighted by Crippen LogP contribution is 2.19. The summed E-state index contributed by atoms with van der Waals surface area (Å²) in [5.74, 6) is -4.42. The van der Waals surface area contributed by atoms with E-state index in [4.69, 9.17) is 0 Å². The molecule has 150 valence electrons. The van der Waals surface area contributed by atoms with Gasteiger partial charge < -0.3 is 16.0 Å². The van der Waals surface area contributed by atoms with Crippen LogP contribution in [-0.4, -0.2) is 32.0 Å². The number of nitrogens with one attached hydrogen (secondary N) is 3. The third kappa shape index (κ3) is 5.73. The largest absolute Gasteiger partial charge is 0.356 e. The highest BCUT2D eigenvalue weighted by atomic mass is 19.2. The second kappa shape index (κ2) is 9.77. The van der Waals surface area contributed by atoms with Crippen molar-refractivity contribution in [3.05, 3.63) is 65.0 Å². The molecule has 28 heavy (non-hydrogen) atoms. The van der Waals surface area contributed by atoms with Gasteiger partial charge in [-0.1, -0.05) is 36.8 Å². The SMILES string of the molecule is CN=C(NCC(=O)Nc1ccc(F)c(F)c1F)NCC(C)c1cccc(C)c1. The van der Waals surface area contributed by atoms with Gasteiger partial charge in [0.2, 0.25) is 5.91 Å². The second-order valence-corrected chi connectivity index (χ2v) is 6.39. The molecule has 0 heterocycles. The van der Waals surface area contributed by atoms with Crippen LogP contribution in [0.25, 0.3) is 0 Å². The average Bonchev–Trinajstić information content (AvgIpc) is 2.68. The fourth-order valence-electron chi connectivity index (χ4n) is 2.55. The summed E-state index contributed by atoms with van der Waals surface area (Å²) in [6.07, 6.45) is 0. The molecular weight excluding hydrogens is 369 g/mol. The quantitative estimate of drug-likeness (QED) is 0.401. The molecule has 0 radical (unpaired) electrons. The molecule has 2 rings (SSSR count). The molecule has 2 aromatic carbocycles. The highest BCUT2D eigenvalue weighted by molar-refractivity contribution is 5.95. The van der Waals surface area contributed by atoms with E-state index in [9.17, 15) is 18.0 Å². The fourth-order valence-corrected chi connectivity index (χ4v) is 2.55. The monoisotopic (exact) mass is 392 g/mol. The summed E-state index contributed by atoms with van der Waals surface area (Å²) in [6, 6.07) is 9.87. The van der Waals surface area contributed by atoms with E-state index in [1.807, 2.05) is 25.1 Å². The summed E-state index contributed by atoms with van der Waals surface area (Å²) >= 11 is 0. The molecule has 1 unspecified atom stereocenters. The van der Waals surface area contributed by atoms with Gasteiger partial charge in [0.15, 0.2) is 23.4 Å². The van der Waals surface area contributed by atoms with E-state index in [0.29, 0.717) is 12.5 Å². The number of hydrogen-bond acceptors (Lipinski definition) is 2. The van der Waals surface area contributed by atoms with Gasteiger partial charge in [-0.15, -0.1) is 0 Å². The summed E-state index contributed by atoms with van der Waals surface area (Å²) in [5, 5.41) is 8.09. The minimum atomic E-state index is -1.63. The molecule has 2 aromatic rings. The van der Waals surface area contributed by atoms with Crippen LogP contribution in [0.1, 0.15) is 24.0 Å². The molecule has 0 aliphatic heterocycles. The Morgan fingerprint density at radius 3 is 2.54 bits per heavy atom. The lowest BCUT2D eigenvalue weighted by Crippen LogP contribution is -2.42. The van der Waals surface area contributed by atoms with E-state index in [2.05, 4.69) is 33.9 Å². The number of amides is 1. The Morgan fingerprint density at radius 1 is 1.11 bits per heavy atom. The molecule has 3 N–H and O–H groups in total. The Kier molecular flexibility index (Phi) is 7.43. The summed E-state index contributed by atoms with van der Waals surface area (Å²) in [6.45, 7) is 4.45. The molecule has 1 amide bonds. The van der Waals surface area contributed by atoms with Crippen molar-refractivity contribution in [2.24, 2.45) is 4.99 Å². The van der Waals surface area contributed by atoms with Crippen LogP contribution in [0.2, 0.25) is 0 Å². The number of carbonyl (C=O) groups excluding carboxylic acids is 1. The summed E-state index contributed by atoms with van der Waals surface area (Å²) in [5.41, 5.74) is 1.92. The van der Waals surface area contributed by atoms with Crippen molar-refractivity contribution in [3.63, 3.8) is 0 Å². The number of halogens is 3. The number of guanidine groups is 1. The molecular formula is C20H23F3N4O. The number of carbonyl (C=O) groups is 1. The highest BCUT2D eigenvalue weighted by Gasteiger charge is 2.15. The molecule has 1 atom stereocenters. The number of aliphatic imine (C=N–C) groups is 1. The van der Waals surface area contributed by atoms with Gasteiger partial charge in [0.25, 0.3) is 0 Å². The maximum Gasteiger partial charge on any atom is 0.243 e. The van der Waals surface area contributed by atoms with Gasteiger partial charge in [0, 0.05) is 13.6 Å². The molecule has 0 aromatic heterocycles. The Balaban J connectivity index is 1.85. The van der Waals surface area contributed by atoms with Crippen LogP contribution < -0.4 is 16.0 Å². The van der Waals surface area contributed by atoms with Crippen molar-refractivity contribution >= 4 is 17.6 Å². The van der Waals surface area contributed by atoms with Crippen molar-refractivity contribution in [1.82, 2.24) is 10.6 Å². The van der Waals surface area contributed by atoms with Crippen molar-refractivity contribution in [2.75, 3.05) is 25.5 Å². The van der Waals surface area contributed by atoms with E-state index >= 15 is 0 Å². The first-order valence-corrected chi connectivity index (χ1v) is 8.76. The topological polar surface area (TPSA) is 65.5 Å². The van der Waals surface area contributed by atoms with Crippen LogP contribution in [0, 0.1) is 24.4 Å². The molecule has 0 saturated carbocycles. The molecule has 0 aliphatic carbocycles. The number of rotatable bonds is 6. The zero-order chi connectivity index (χ0) is 20.7. The van der Waals surface area contributed by atoms with Crippen LogP contribution in [0.5, 0.6) is 0 Å². The Hall–Kier alpha value is -3.03. The fraction of sp³-hybridized carbons (Fsp3) is 0.300. The van der Waals surface area contributed by atoms with Crippen molar-refractivity contribution in [3.8, 4) is 0 Å². The molecule has 8 heteroatoms. The molecule has 0 saturated heterocycles. The summed E-state index contributed by atoms with van der Waals surface area (Å²) in [7, 11) is 1.56. The van der Waals surface area contributed by atoms with Crippen LogP contribution in [0.3, 0.4) is 0 Å². The van der Waals surface area contributed by atoms with Gasteiger partial charge in [-0.3, -0.25) is 9.79 Å². The molecule has 0 fully saturated rings. The first-order valence-electron chi connectivity index (χ1n) is 8.76. The van der Waals surface area contributed by atoms with Crippen LogP contribution in [0.15, 0.2) is 41.4 Å². The first-order chi connectivity index (χ1) is 13.3. The number of anilines is 1. The summed E-state index contributed by atoms with van der Waals surface area (Å²) in [4.78, 5) is 16.0. The second-order valence-electron chi connectivity index (χ2n) is 6.39. The van der Waals surface area contributed by atoms with Gasteiger partial charge in [-0.25, -0.2) is 13.2 Å². The average molecular weight is 392 g/mol. The van der Waals surface area contributed by atoms with E-state index < -0.39 is 29.0 Å². The van der Waals surface area contributed by atoms with Crippen molar-refractivity contribution in [2.45, 2.75) is 19.8 Å². The van der Waals surface area contributed by atoms with E-state index in [1.54, 1.807) is 7.05 Å². The Labute approximate surface area is 162 Å². The van der Waals surface area contributed by atoms with Crippen molar-refractivity contribution < 1.29 is 18.0 Å². The van der Waals surface area contributed by atoms with Gasteiger partial charge in [0.1, 0.15) is 0 Å². The minimum Gasteiger partial charge on any atom is -0.356 e. The Bertz CT molecular complexity index is 871. The van der Waals surface area contributed by atoms with Gasteiger partial charge in [-0.05, 0) is 30.5 Å².